The lowest BCUT2D eigenvalue weighted by atomic mass is 10.1. The molecule has 1 fully saturated rings. The van der Waals surface area contributed by atoms with Gasteiger partial charge in [0.05, 0.1) is 12.2 Å². The molecule has 0 aromatic heterocycles. The minimum Gasteiger partial charge on any atom is -0.491 e. The number of benzene rings is 1. The first-order chi connectivity index (χ1) is 8.29. The Balaban J connectivity index is 1.84. The summed E-state index contributed by atoms with van der Waals surface area (Å²) in [6.45, 7) is 3.44. The van der Waals surface area contributed by atoms with Crippen molar-refractivity contribution in [3.8, 4) is 5.75 Å². The molecule has 1 aromatic carbocycles. The molecule has 2 atom stereocenters. The monoisotopic (exact) mass is 236 g/mol. The van der Waals surface area contributed by atoms with Crippen molar-refractivity contribution in [2.75, 3.05) is 13.2 Å². The average Bonchev–Trinajstić information content (AvgIpc) is 2.89. The van der Waals surface area contributed by atoms with Crippen molar-refractivity contribution in [2.45, 2.75) is 38.4 Å². The second kappa shape index (κ2) is 6.03. The molecule has 3 nitrogen and oxygen atoms in total. The quantitative estimate of drug-likeness (QED) is 0.854. The van der Waals surface area contributed by atoms with E-state index in [-0.39, 0.29) is 12.2 Å². The summed E-state index contributed by atoms with van der Waals surface area (Å²) in [7, 11) is 0. The summed E-state index contributed by atoms with van der Waals surface area (Å²) in [5, 5.41) is 9.66. The Hall–Kier alpha value is -1.06. The van der Waals surface area contributed by atoms with Crippen molar-refractivity contribution in [3.05, 3.63) is 29.8 Å². The third-order valence-corrected chi connectivity index (χ3v) is 3.11. The van der Waals surface area contributed by atoms with Gasteiger partial charge in [0, 0.05) is 6.61 Å². The molecule has 1 aromatic rings. The Morgan fingerprint density at radius 1 is 1.41 bits per heavy atom. The van der Waals surface area contributed by atoms with Crippen LogP contribution in [0.15, 0.2) is 24.3 Å². The van der Waals surface area contributed by atoms with Gasteiger partial charge in [0.15, 0.2) is 0 Å². The van der Waals surface area contributed by atoms with Gasteiger partial charge in [-0.1, -0.05) is 19.1 Å². The van der Waals surface area contributed by atoms with Crippen LogP contribution in [0.2, 0.25) is 0 Å². The first kappa shape index (κ1) is 12.4. The zero-order chi connectivity index (χ0) is 12.1. The van der Waals surface area contributed by atoms with Gasteiger partial charge < -0.3 is 14.6 Å². The van der Waals surface area contributed by atoms with E-state index in [1.807, 2.05) is 31.2 Å². The normalized spacial score (nSPS) is 21.4. The highest BCUT2D eigenvalue weighted by atomic mass is 16.5. The van der Waals surface area contributed by atoms with E-state index >= 15 is 0 Å². The maximum atomic E-state index is 9.66. The molecule has 1 N–H and O–H groups in total. The van der Waals surface area contributed by atoms with Crippen LogP contribution in [-0.4, -0.2) is 24.4 Å². The summed E-state index contributed by atoms with van der Waals surface area (Å²) in [4.78, 5) is 0. The highest BCUT2D eigenvalue weighted by Gasteiger charge is 2.15. The lowest BCUT2D eigenvalue weighted by Gasteiger charge is -2.12. The van der Waals surface area contributed by atoms with Gasteiger partial charge in [0.1, 0.15) is 12.4 Å². The maximum absolute atomic E-state index is 9.66. The molecule has 2 unspecified atom stereocenters. The van der Waals surface area contributed by atoms with Crippen LogP contribution < -0.4 is 4.74 Å². The van der Waals surface area contributed by atoms with Crippen molar-refractivity contribution >= 4 is 0 Å². The van der Waals surface area contributed by atoms with E-state index in [2.05, 4.69) is 0 Å². The third kappa shape index (κ3) is 3.45. The lowest BCUT2D eigenvalue weighted by molar-refractivity contribution is 0.0679. The highest BCUT2D eigenvalue weighted by molar-refractivity contribution is 5.28. The molecule has 1 aliphatic rings. The minimum atomic E-state index is -0.373. The highest BCUT2D eigenvalue weighted by Crippen LogP contribution is 2.20. The van der Waals surface area contributed by atoms with Crippen LogP contribution in [0.1, 0.15) is 37.9 Å². The molecule has 0 spiro atoms. The Morgan fingerprint density at radius 2 is 2.18 bits per heavy atom. The summed E-state index contributed by atoms with van der Waals surface area (Å²) in [5.41, 5.74) is 0.942. The first-order valence-electron chi connectivity index (χ1n) is 6.32. The predicted molar refractivity (Wildman–Crippen MR) is 66.2 cm³/mol. The molecule has 1 aliphatic heterocycles. The fourth-order valence-corrected chi connectivity index (χ4v) is 1.99. The van der Waals surface area contributed by atoms with E-state index in [1.165, 1.54) is 0 Å². The van der Waals surface area contributed by atoms with Crippen molar-refractivity contribution in [2.24, 2.45) is 0 Å². The number of rotatable bonds is 5. The lowest BCUT2D eigenvalue weighted by Crippen LogP contribution is -2.16. The summed E-state index contributed by atoms with van der Waals surface area (Å²) in [6.07, 6.45) is 2.83. The molecule has 17 heavy (non-hydrogen) atoms. The Bertz CT molecular complexity index is 328. The van der Waals surface area contributed by atoms with Crippen LogP contribution in [0.25, 0.3) is 0 Å². The number of hydrogen-bond acceptors (Lipinski definition) is 3. The van der Waals surface area contributed by atoms with E-state index in [9.17, 15) is 5.11 Å². The van der Waals surface area contributed by atoms with Crippen LogP contribution in [0.4, 0.5) is 0 Å². The van der Waals surface area contributed by atoms with Gasteiger partial charge in [0.25, 0.3) is 0 Å². The van der Waals surface area contributed by atoms with Crippen molar-refractivity contribution < 1.29 is 14.6 Å². The van der Waals surface area contributed by atoms with E-state index < -0.39 is 0 Å². The molecule has 0 aliphatic carbocycles. The summed E-state index contributed by atoms with van der Waals surface area (Å²) < 4.78 is 11.1. The van der Waals surface area contributed by atoms with Gasteiger partial charge in [-0.15, -0.1) is 0 Å². The van der Waals surface area contributed by atoms with E-state index in [0.717, 1.165) is 37.2 Å². The SMILES string of the molecule is CCC(O)c1ccc(OCC2CCCO2)cc1. The molecule has 3 heteroatoms. The molecule has 0 amide bonds. The summed E-state index contributed by atoms with van der Waals surface area (Å²) in [6, 6.07) is 7.64. The second-order valence-electron chi connectivity index (χ2n) is 4.44. The topological polar surface area (TPSA) is 38.7 Å². The van der Waals surface area contributed by atoms with Crippen molar-refractivity contribution in [3.63, 3.8) is 0 Å². The van der Waals surface area contributed by atoms with Gasteiger partial charge in [-0.25, -0.2) is 0 Å². The fraction of sp³-hybridized carbons (Fsp3) is 0.571. The summed E-state index contributed by atoms with van der Waals surface area (Å²) >= 11 is 0. The van der Waals surface area contributed by atoms with Gasteiger partial charge >= 0.3 is 0 Å². The molecule has 1 heterocycles. The van der Waals surface area contributed by atoms with Crippen molar-refractivity contribution in [1.29, 1.82) is 0 Å². The number of ether oxygens (including phenoxy) is 2. The number of aliphatic hydroxyl groups is 1. The predicted octanol–water partition coefficient (Wildman–Crippen LogP) is 2.69. The van der Waals surface area contributed by atoms with Gasteiger partial charge in [0.2, 0.25) is 0 Å². The maximum Gasteiger partial charge on any atom is 0.119 e. The standard InChI is InChI=1S/C14H20O3/c1-2-14(15)11-5-7-12(8-6-11)17-10-13-4-3-9-16-13/h5-8,13-15H,2-4,9-10H2,1H3. The zero-order valence-corrected chi connectivity index (χ0v) is 10.3. The Kier molecular flexibility index (Phi) is 4.40. The second-order valence-corrected chi connectivity index (χ2v) is 4.44. The molecule has 0 saturated carbocycles. The molecule has 94 valence electrons. The average molecular weight is 236 g/mol. The summed E-state index contributed by atoms with van der Waals surface area (Å²) in [5.74, 6) is 0.840. The Morgan fingerprint density at radius 3 is 2.76 bits per heavy atom. The first-order valence-corrected chi connectivity index (χ1v) is 6.32. The van der Waals surface area contributed by atoms with E-state index in [0.29, 0.717) is 6.61 Å². The minimum absolute atomic E-state index is 0.246. The third-order valence-electron chi connectivity index (χ3n) is 3.11. The van der Waals surface area contributed by atoms with Crippen LogP contribution in [0, 0.1) is 0 Å². The molecule has 2 rings (SSSR count). The largest absolute Gasteiger partial charge is 0.491 e. The molecule has 0 bridgehead atoms. The molecule has 1 saturated heterocycles. The molecular formula is C14H20O3. The number of hydrogen-bond donors (Lipinski definition) is 1. The van der Waals surface area contributed by atoms with Crippen LogP contribution in [0.3, 0.4) is 0 Å². The molecular weight excluding hydrogens is 216 g/mol. The van der Waals surface area contributed by atoms with Gasteiger partial charge in [-0.2, -0.15) is 0 Å². The van der Waals surface area contributed by atoms with Crippen LogP contribution in [0.5, 0.6) is 5.75 Å². The molecule has 0 radical (unpaired) electrons. The van der Waals surface area contributed by atoms with Crippen molar-refractivity contribution in [1.82, 2.24) is 0 Å². The van der Waals surface area contributed by atoms with Gasteiger partial charge in [-0.05, 0) is 37.0 Å². The van der Waals surface area contributed by atoms with Crippen LogP contribution >= 0.6 is 0 Å². The smallest absolute Gasteiger partial charge is 0.119 e. The zero-order valence-electron chi connectivity index (χ0n) is 10.3. The number of aliphatic hydroxyl groups excluding tert-OH is 1. The van der Waals surface area contributed by atoms with Gasteiger partial charge in [-0.3, -0.25) is 0 Å². The van der Waals surface area contributed by atoms with Crippen LogP contribution in [-0.2, 0) is 4.74 Å². The van der Waals surface area contributed by atoms with E-state index in [1.54, 1.807) is 0 Å². The van der Waals surface area contributed by atoms with E-state index in [4.69, 9.17) is 9.47 Å². The Labute approximate surface area is 102 Å². The fourth-order valence-electron chi connectivity index (χ4n) is 1.99.